The molecule has 0 unspecified atom stereocenters. The number of nitrogens with zero attached hydrogens (tertiary/aromatic N) is 1. The van der Waals surface area contributed by atoms with E-state index in [2.05, 4.69) is 0 Å². The van der Waals surface area contributed by atoms with E-state index in [0.29, 0.717) is 6.07 Å². The maximum atomic E-state index is 12.9. The lowest BCUT2D eigenvalue weighted by Gasteiger charge is -2.19. The Balaban J connectivity index is 3.35. The molecule has 0 aliphatic heterocycles. The van der Waals surface area contributed by atoms with Crippen molar-refractivity contribution >= 4 is 5.69 Å². The van der Waals surface area contributed by atoms with Crippen LogP contribution in [0.5, 0.6) is 0 Å². The number of nitro groups is 1. The van der Waals surface area contributed by atoms with Gasteiger partial charge in [-0.3, -0.25) is 10.1 Å². The van der Waals surface area contributed by atoms with Gasteiger partial charge in [0.2, 0.25) is 0 Å². The fraction of sp³-hybridized carbons (Fsp3) is 0.333. The largest absolute Gasteiger partial charge is 0.458 e. The summed E-state index contributed by atoms with van der Waals surface area (Å²) in [6, 6.07) is 1.62. The van der Waals surface area contributed by atoms with Gasteiger partial charge in [0.15, 0.2) is 0 Å². The molecule has 0 atom stereocenters. The summed E-state index contributed by atoms with van der Waals surface area (Å²) in [5.41, 5.74) is -2.20. The third-order valence-corrected chi connectivity index (χ3v) is 2.12. The number of halogens is 5. The van der Waals surface area contributed by atoms with Gasteiger partial charge in [-0.25, -0.2) is 0 Å². The highest BCUT2D eigenvalue weighted by Gasteiger charge is 2.59. The van der Waals surface area contributed by atoms with Gasteiger partial charge in [-0.2, -0.15) is 22.0 Å². The Morgan fingerprint density at radius 1 is 1.18 bits per heavy atom. The van der Waals surface area contributed by atoms with E-state index < -0.39 is 28.3 Å². The number of aryl methyl sites for hydroxylation is 1. The van der Waals surface area contributed by atoms with E-state index in [0.717, 1.165) is 6.07 Å². The second kappa shape index (κ2) is 3.94. The van der Waals surface area contributed by atoms with Gasteiger partial charge in [0.1, 0.15) is 0 Å². The van der Waals surface area contributed by atoms with Crippen molar-refractivity contribution in [3.63, 3.8) is 0 Å². The molecule has 0 aromatic heterocycles. The zero-order valence-electron chi connectivity index (χ0n) is 8.39. The zero-order chi connectivity index (χ0) is 13.4. The van der Waals surface area contributed by atoms with E-state index in [1.807, 2.05) is 0 Å². The van der Waals surface area contributed by atoms with Gasteiger partial charge in [0.05, 0.1) is 4.92 Å². The monoisotopic (exact) mass is 255 g/mol. The molecule has 1 aromatic rings. The van der Waals surface area contributed by atoms with Crippen LogP contribution in [0.1, 0.15) is 11.1 Å². The highest BCUT2D eigenvalue weighted by molar-refractivity contribution is 5.44. The Morgan fingerprint density at radius 3 is 2.12 bits per heavy atom. The molecule has 0 aliphatic rings. The van der Waals surface area contributed by atoms with Gasteiger partial charge in [-0.1, -0.05) is 12.1 Å². The molecule has 0 N–H and O–H groups in total. The first kappa shape index (κ1) is 13.3. The quantitative estimate of drug-likeness (QED) is 0.460. The highest BCUT2D eigenvalue weighted by Crippen LogP contribution is 2.44. The normalized spacial score (nSPS) is 12.6. The fourth-order valence-electron chi connectivity index (χ4n) is 1.17. The average molecular weight is 255 g/mol. The van der Waals surface area contributed by atoms with Crippen molar-refractivity contribution in [1.29, 1.82) is 0 Å². The number of hydrogen-bond donors (Lipinski definition) is 0. The summed E-state index contributed by atoms with van der Waals surface area (Å²) < 4.78 is 61.9. The van der Waals surface area contributed by atoms with Crippen LogP contribution in [-0.4, -0.2) is 11.1 Å². The molecule has 0 aliphatic carbocycles. The number of alkyl halides is 5. The van der Waals surface area contributed by atoms with Crippen molar-refractivity contribution in [3.8, 4) is 0 Å². The zero-order valence-corrected chi connectivity index (χ0v) is 8.39. The van der Waals surface area contributed by atoms with Crippen LogP contribution in [0.3, 0.4) is 0 Å². The summed E-state index contributed by atoms with van der Waals surface area (Å²) in [7, 11) is 0. The molecule has 0 spiro atoms. The molecule has 0 heterocycles. The number of rotatable bonds is 2. The van der Waals surface area contributed by atoms with Gasteiger partial charge < -0.3 is 0 Å². The summed E-state index contributed by atoms with van der Waals surface area (Å²) in [6.07, 6.45) is -5.78. The molecule has 3 nitrogen and oxygen atoms in total. The molecule has 0 amide bonds. The minimum absolute atomic E-state index is 0.0109. The molecule has 17 heavy (non-hydrogen) atoms. The standard InChI is InChI=1S/C9H6F5NO2/c1-5-2-3-6(4-7(5)15(16)17)8(10,11)9(12,13)14/h2-4H,1H3. The number of nitro benzene ring substituents is 1. The van der Waals surface area contributed by atoms with E-state index in [1.165, 1.54) is 6.92 Å². The Bertz CT molecular complexity index is 455. The summed E-state index contributed by atoms with van der Waals surface area (Å²) in [6.45, 7) is 1.24. The van der Waals surface area contributed by atoms with Crippen LogP contribution in [0, 0.1) is 17.0 Å². The van der Waals surface area contributed by atoms with Crippen LogP contribution in [0.15, 0.2) is 18.2 Å². The Morgan fingerprint density at radius 2 is 1.71 bits per heavy atom. The van der Waals surface area contributed by atoms with E-state index in [1.54, 1.807) is 0 Å². The van der Waals surface area contributed by atoms with E-state index >= 15 is 0 Å². The van der Waals surface area contributed by atoms with Gasteiger partial charge in [-0.05, 0) is 6.92 Å². The highest BCUT2D eigenvalue weighted by atomic mass is 19.4. The van der Waals surface area contributed by atoms with Crippen molar-refractivity contribution < 1.29 is 26.9 Å². The maximum absolute atomic E-state index is 12.9. The second-order valence-corrected chi connectivity index (χ2v) is 3.33. The first-order valence-corrected chi connectivity index (χ1v) is 4.27. The van der Waals surface area contributed by atoms with Gasteiger partial charge in [0, 0.05) is 17.2 Å². The van der Waals surface area contributed by atoms with Crippen LogP contribution >= 0.6 is 0 Å². The SMILES string of the molecule is Cc1ccc(C(F)(F)C(F)(F)F)cc1[N+](=O)[O-]. The summed E-state index contributed by atoms with van der Waals surface area (Å²) >= 11 is 0. The van der Waals surface area contributed by atoms with Gasteiger partial charge in [0.25, 0.3) is 5.69 Å². The summed E-state index contributed by atoms with van der Waals surface area (Å²) in [5.74, 6) is -5.11. The number of hydrogen-bond acceptors (Lipinski definition) is 2. The number of benzene rings is 1. The lowest BCUT2D eigenvalue weighted by Crippen LogP contribution is -2.33. The van der Waals surface area contributed by atoms with E-state index in [-0.39, 0.29) is 11.6 Å². The van der Waals surface area contributed by atoms with Crippen molar-refractivity contribution in [1.82, 2.24) is 0 Å². The van der Waals surface area contributed by atoms with Crippen LogP contribution in [0.2, 0.25) is 0 Å². The van der Waals surface area contributed by atoms with Crippen molar-refractivity contribution in [3.05, 3.63) is 39.4 Å². The fourth-order valence-corrected chi connectivity index (χ4v) is 1.17. The molecule has 1 aromatic carbocycles. The molecule has 94 valence electrons. The molecule has 8 heteroatoms. The Hall–Kier alpha value is -1.73. The third-order valence-electron chi connectivity index (χ3n) is 2.12. The van der Waals surface area contributed by atoms with Crippen molar-refractivity contribution in [2.24, 2.45) is 0 Å². The molecular weight excluding hydrogens is 249 g/mol. The molecule has 1 rings (SSSR count). The molecule has 0 saturated heterocycles. The van der Waals surface area contributed by atoms with Crippen LogP contribution in [0.25, 0.3) is 0 Å². The molecule has 0 bridgehead atoms. The molecule has 0 saturated carbocycles. The first-order chi connectivity index (χ1) is 7.57. The van der Waals surface area contributed by atoms with Crippen LogP contribution in [0.4, 0.5) is 27.6 Å². The summed E-state index contributed by atoms with van der Waals surface area (Å²) in [4.78, 5) is 9.42. The lowest BCUT2D eigenvalue weighted by molar-refractivity contribution is -0.385. The molecule has 0 radical (unpaired) electrons. The average Bonchev–Trinajstić information content (AvgIpc) is 2.15. The predicted octanol–water partition coefficient (Wildman–Crippen LogP) is 3.56. The lowest BCUT2D eigenvalue weighted by atomic mass is 10.0. The van der Waals surface area contributed by atoms with Crippen LogP contribution in [-0.2, 0) is 5.92 Å². The molecule has 0 fully saturated rings. The first-order valence-electron chi connectivity index (χ1n) is 4.27. The van der Waals surface area contributed by atoms with Crippen molar-refractivity contribution in [2.45, 2.75) is 19.0 Å². The van der Waals surface area contributed by atoms with Gasteiger partial charge >= 0.3 is 12.1 Å². The Kier molecular flexibility index (Phi) is 3.09. The maximum Gasteiger partial charge on any atom is 0.458 e. The minimum atomic E-state index is -5.78. The smallest absolute Gasteiger partial charge is 0.258 e. The second-order valence-electron chi connectivity index (χ2n) is 3.33. The van der Waals surface area contributed by atoms with Gasteiger partial charge in [-0.15, -0.1) is 0 Å². The van der Waals surface area contributed by atoms with E-state index in [4.69, 9.17) is 0 Å². The van der Waals surface area contributed by atoms with E-state index in [9.17, 15) is 32.1 Å². The molecular formula is C9H6F5NO2. The third kappa shape index (κ3) is 2.34. The summed E-state index contributed by atoms with van der Waals surface area (Å²) in [5, 5.41) is 10.4. The minimum Gasteiger partial charge on any atom is -0.258 e. The topological polar surface area (TPSA) is 43.1 Å². The van der Waals surface area contributed by atoms with Crippen LogP contribution < -0.4 is 0 Å². The van der Waals surface area contributed by atoms with Crippen molar-refractivity contribution in [2.75, 3.05) is 0 Å². The predicted molar refractivity (Wildman–Crippen MR) is 47.8 cm³/mol. The Labute approximate surface area is 92.0 Å².